The van der Waals surface area contributed by atoms with Gasteiger partial charge in [-0.15, -0.1) is 13.2 Å². The van der Waals surface area contributed by atoms with Crippen molar-refractivity contribution in [2.45, 2.75) is 20.2 Å². The van der Waals surface area contributed by atoms with Crippen LogP contribution in [0, 0.1) is 6.92 Å². The molecule has 0 radical (unpaired) electrons. The van der Waals surface area contributed by atoms with Crippen LogP contribution in [0.4, 0.5) is 13.2 Å². The fourth-order valence-corrected chi connectivity index (χ4v) is 1.32. The molecule has 0 bridgehead atoms. The number of pyridine rings is 1. The van der Waals surface area contributed by atoms with Crippen molar-refractivity contribution in [3.63, 3.8) is 0 Å². The topological polar surface area (TPSA) is 57.7 Å². The summed E-state index contributed by atoms with van der Waals surface area (Å²) < 4.78 is 49.8. The average molecular weight is 279 g/mol. The predicted octanol–water partition coefficient (Wildman–Crippen LogP) is 2.47. The van der Waals surface area contributed by atoms with Crippen LogP contribution in [0.15, 0.2) is 6.07 Å². The van der Waals surface area contributed by atoms with E-state index in [9.17, 15) is 18.0 Å². The van der Waals surface area contributed by atoms with Crippen LogP contribution in [0.25, 0.3) is 0 Å². The molecule has 1 rings (SSSR count). The zero-order chi connectivity index (χ0) is 14.6. The molecule has 1 aromatic heterocycles. The normalized spacial score (nSPS) is 11.1. The molecule has 0 unspecified atom stereocenters. The molecule has 0 aliphatic carbocycles. The Morgan fingerprint density at radius 3 is 2.53 bits per heavy atom. The first-order valence-electron chi connectivity index (χ1n) is 5.27. The van der Waals surface area contributed by atoms with E-state index in [0.29, 0.717) is 0 Å². The molecule has 0 N–H and O–H groups in total. The molecule has 106 valence electrons. The molecule has 1 heterocycles. The largest absolute Gasteiger partial charge is 0.573 e. The van der Waals surface area contributed by atoms with E-state index in [0.717, 1.165) is 13.2 Å². The molecule has 0 saturated heterocycles. The minimum absolute atomic E-state index is 0.0970. The van der Waals surface area contributed by atoms with Crippen molar-refractivity contribution in [2.75, 3.05) is 13.7 Å². The van der Waals surface area contributed by atoms with Gasteiger partial charge < -0.3 is 14.2 Å². The molecular formula is C11H12F3NO4. The third-order valence-electron chi connectivity index (χ3n) is 2.06. The van der Waals surface area contributed by atoms with Gasteiger partial charge in [-0.25, -0.2) is 9.78 Å². The summed E-state index contributed by atoms with van der Waals surface area (Å²) >= 11 is 0. The van der Waals surface area contributed by atoms with Crippen LogP contribution in [-0.4, -0.2) is 31.0 Å². The van der Waals surface area contributed by atoms with Crippen LogP contribution in [0.3, 0.4) is 0 Å². The Labute approximate surface area is 107 Å². The van der Waals surface area contributed by atoms with E-state index in [-0.39, 0.29) is 23.7 Å². The van der Waals surface area contributed by atoms with Crippen LogP contribution in [0.1, 0.15) is 23.0 Å². The van der Waals surface area contributed by atoms with Gasteiger partial charge in [-0.3, -0.25) is 0 Å². The number of esters is 1. The molecule has 0 aromatic carbocycles. The summed E-state index contributed by atoms with van der Waals surface area (Å²) in [5, 5.41) is 0. The number of carbonyl (C=O) groups is 1. The highest BCUT2D eigenvalue weighted by Crippen LogP contribution is 2.32. The first-order valence-corrected chi connectivity index (χ1v) is 5.27. The number of aromatic nitrogens is 1. The van der Waals surface area contributed by atoms with E-state index < -0.39 is 18.1 Å². The number of hydrogen-bond donors (Lipinski definition) is 0. The lowest BCUT2D eigenvalue weighted by molar-refractivity contribution is -0.275. The highest BCUT2D eigenvalue weighted by molar-refractivity contribution is 5.91. The first kappa shape index (κ1) is 15.1. The van der Waals surface area contributed by atoms with Crippen molar-refractivity contribution in [3.05, 3.63) is 17.3 Å². The quantitative estimate of drug-likeness (QED) is 0.792. The lowest BCUT2D eigenvalue weighted by atomic mass is 10.2. The van der Waals surface area contributed by atoms with Gasteiger partial charge in [-0.1, -0.05) is 0 Å². The molecular weight excluding hydrogens is 267 g/mol. The van der Waals surface area contributed by atoms with Crippen molar-refractivity contribution in [3.8, 4) is 11.6 Å². The molecule has 0 fully saturated rings. The number of nitrogens with zero attached hydrogens (tertiary/aromatic N) is 1. The number of halogens is 3. The predicted molar refractivity (Wildman–Crippen MR) is 58.2 cm³/mol. The molecule has 0 saturated carbocycles. The summed E-state index contributed by atoms with van der Waals surface area (Å²) in [6.07, 6.45) is -4.91. The summed E-state index contributed by atoms with van der Waals surface area (Å²) in [6.45, 7) is 3.13. The fraction of sp³-hybridized carbons (Fsp3) is 0.455. The molecule has 0 aliphatic heterocycles. The Morgan fingerprint density at radius 1 is 1.42 bits per heavy atom. The van der Waals surface area contributed by atoms with Gasteiger partial charge in [0.1, 0.15) is 0 Å². The second-order valence-corrected chi connectivity index (χ2v) is 3.40. The summed E-state index contributed by atoms with van der Waals surface area (Å²) in [4.78, 5) is 15.3. The Balaban J connectivity index is 3.21. The monoisotopic (exact) mass is 279 g/mol. The summed E-state index contributed by atoms with van der Waals surface area (Å²) in [6, 6.07) is 0.895. The maximum Gasteiger partial charge on any atom is 0.573 e. The minimum atomic E-state index is -4.91. The number of hydrogen-bond acceptors (Lipinski definition) is 5. The Hall–Kier alpha value is -1.99. The van der Waals surface area contributed by atoms with E-state index in [1.165, 1.54) is 6.92 Å². The van der Waals surface area contributed by atoms with E-state index in [1.807, 2.05) is 0 Å². The lowest BCUT2D eigenvalue weighted by Gasteiger charge is -2.14. The Morgan fingerprint density at radius 2 is 2.05 bits per heavy atom. The van der Waals surface area contributed by atoms with E-state index in [2.05, 4.69) is 14.5 Å². The zero-order valence-electron chi connectivity index (χ0n) is 10.5. The van der Waals surface area contributed by atoms with Gasteiger partial charge in [0.15, 0.2) is 5.75 Å². The lowest BCUT2D eigenvalue weighted by Crippen LogP contribution is -2.19. The van der Waals surface area contributed by atoms with E-state index in [4.69, 9.17) is 4.74 Å². The molecule has 0 spiro atoms. The number of alkyl halides is 3. The van der Waals surface area contributed by atoms with Gasteiger partial charge in [0.25, 0.3) is 5.88 Å². The standard InChI is InChI=1S/C11H12F3NO4/c1-4-18-10(16)7-5-8(19-11(12,13)14)9(17-3)15-6(7)2/h5H,4H2,1-3H3. The van der Waals surface area contributed by atoms with Gasteiger partial charge in [0, 0.05) is 6.07 Å². The van der Waals surface area contributed by atoms with Crippen molar-refractivity contribution < 1.29 is 32.2 Å². The van der Waals surface area contributed by atoms with Crippen LogP contribution < -0.4 is 9.47 Å². The van der Waals surface area contributed by atoms with Crippen LogP contribution in [0.5, 0.6) is 11.6 Å². The molecule has 19 heavy (non-hydrogen) atoms. The van der Waals surface area contributed by atoms with E-state index in [1.54, 1.807) is 6.92 Å². The molecule has 0 amide bonds. The SMILES string of the molecule is CCOC(=O)c1cc(OC(F)(F)F)c(OC)nc1C. The third kappa shape index (κ3) is 4.01. The highest BCUT2D eigenvalue weighted by atomic mass is 19.4. The number of carbonyl (C=O) groups excluding carboxylic acids is 1. The maximum atomic E-state index is 12.2. The summed E-state index contributed by atoms with van der Waals surface area (Å²) in [5.74, 6) is -1.83. The van der Waals surface area contributed by atoms with Crippen molar-refractivity contribution in [1.82, 2.24) is 4.98 Å². The van der Waals surface area contributed by atoms with Crippen molar-refractivity contribution in [1.29, 1.82) is 0 Å². The number of methoxy groups -OCH3 is 1. The summed E-state index contributed by atoms with van der Waals surface area (Å²) in [7, 11) is 1.15. The second-order valence-electron chi connectivity index (χ2n) is 3.40. The second kappa shape index (κ2) is 5.77. The van der Waals surface area contributed by atoms with Gasteiger partial charge in [0.2, 0.25) is 0 Å². The van der Waals surface area contributed by atoms with Gasteiger partial charge in [-0.05, 0) is 13.8 Å². The van der Waals surface area contributed by atoms with Crippen molar-refractivity contribution in [2.24, 2.45) is 0 Å². The molecule has 5 nitrogen and oxygen atoms in total. The fourth-order valence-electron chi connectivity index (χ4n) is 1.32. The molecule has 8 heteroatoms. The average Bonchev–Trinajstić information content (AvgIpc) is 2.29. The zero-order valence-corrected chi connectivity index (χ0v) is 10.5. The molecule has 0 atom stereocenters. The Kier molecular flexibility index (Phi) is 4.57. The summed E-state index contributed by atoms with van der Waals surface area (Å²) in [5.41, 5.74) is 0.0757. The third-order valence-corrected chi connectivity index (χ3v) is 2.06. The number of ether oxygens (including phenoxy) is 3. The van der Waals surface area contributed by atoms with Crippen LogP contribution >= 0.6 is 0 Å². The van der Waals surface area contributed by atoms with Gasteiger partial charge >= 0.3 is 12.3 Å². The minimum Gasteiger partial charge on any atom is -0.478 e. The van der Waals surface area contributed by atoms with Gasteiger partial charge in [-0.2, -0.15) is 0 Å². The molecule has 0 aliphatic rings. The highest BCUT2D eigenvalue weighted by Gasteiger charge is 2.33. The maximum absolute atomic E-state index is 12.2. The van der Waals surface area contributed by atoms with Crippen LogP contribution in [0.2, 0.25) is 0 Å². The smallest absolute Gasteiger partial charge is 0.478 e. The van der Waals surface area contributed by atoms with Crippen LogP contribution in [-0.2, 0) is 4.74 Å². The van der Waals surface area contributed by atoms with Gasteiger partial charge in [0.05, 0.1) is 25.0 Å². The number of aryl methyl sites for hydroxylation is 1. The first-order chi connectivity index (χ1) is 8.78. The number of rotatable bonds is 4. The van der Waals surface area contributed by atoms with E-state index >= 15 is 0 Å². The molecule has 1 aromatic rings. The van der Waals surface area contributed by atoms with Crippen molar-refractivity contribution >= 4 is 5.97 Å². The Bertz CT molecular complexity index is 474.